The standard InChI is InChI=1S/C16H14O6/c17-10-2-1-8-13-9-4-12(19)11(18)3-7(9)5-16(13,21)6-22-15(8)14(10)20/h1-2,4,7,17,19-21H,3,5-6H2. The lowest BCUT2D eigenvalue weighted by molar-refractivity contribution is -0.119. The summed E-state index contributed by atoms with van der Waals surface area (Å²) in [4.78, 5) is 11.7. The van der Waals surface area contributed by atoms with Crippen molar-refractivity contribution in [3.05, 3.63) is 35.1 Å². The molecule has 114 valence electrons. The molecule has 1 heterocycles. The molecule has 1 aliphatic heterocycles. The van der Waals surface area contributed by atoms with Crippen LogP contribution < -0.4 is 4.74 Å². The van der Waals surface area contributed by atoms with Crippen molar-refractivity contribution in [3.63, 3.8) is 0 Å². The van der Waals surface area contributed by atoms with Crippen LogP contribution in [0.2, 0.25) is 0 Å². The maximum atomic E-state index is 11.7. The van der Waals surface area contributed by atoms with Gasteiger partial charge >= 0.3 is 0 Å². The number of Topliss-reactive ketones (excluding diaryl/α,β-unsaturated/α-hetero) is 1. The third-order valence-corrected chi connectivity index (χ3v) is 4.62. The Balaban J connectivity index is 1.99. The zero-order chi connectivity index (χ0) is 15.6. The third kappa shape index (κ3) is 1.55. The van der Waals surface area contributed by atoms with E-state index in [0.29, 0.717) is 23.1 Å². The Morgan fingerprint density at radius 1 is 1.23 bits per heavy atom. The molecule has 0 fully saturated rings. The van der Waals surface area contributed by atoms with E-state index in [1.165, 1.54) is 12.1 Å². The smallest absolute Gasteiger partial charge is 0.201 e. The van der Waals surface area contributed by atoms with Gasteiger partial charge in [0.1, 0.15) is 12.2 Å². The fourth-order valence-electron chi connectivity index (χ4n) is 3.65. The van der Waals surface area contributed by atoms with Gasteiger partial charge in [-0.3, -0.25) is 4.79 Å². The quantitative estimate of drug-likeness (QED) is 0.540. The second kappa shape index (κ2) is 4.04. The highest BCUT2D eigenvalue weighted by Gasteiger charge is 2.50. The van der Waals surface area contributed by atoms with Gasteiger partial charge in [0, 0.05) is 17.6 Å². The topological polar surface area (TPSA) is 107 Å². The van der Waals surface area contributed by atoms with E-state index in [1.54, 1.807) is 6.07 Å². The largest absolute Gasteiger partial charge is 0.504 e. The minimum atomic E-state index is -1.27. The number of benzene rings is 1. The van der Waals surface area contributed by atoms with Crippen LogP contribution in [-0.4, -0.2) is 38.4 Å². The van der Waals surface area contributed by atoms with Crippen LogP contribution in [0, 0.1) is 5.92 Å². The van der Waals surface area contributed by atoms with Gasteiger partial charge in [-0.25, -0.2) is 0 Å². The normalized spacial score (nSPS) is 29.4. The first kappa shape index (κ1) is 13.2. The van der Waals surface area contributed by atoms with Gasteiger partial charge in [-0.2, -0.15) is 0 Å². The van der Waals surface area contributed by atoms with Crippen molar-refractivity contribution in [2.24, 2.45) is 5.92 Å². The van der Waals surface area contributed by atoms with Crippen molar-refractivity contribution >= 4 is 11.4 Å². The molecule has 2 unspecified atom stereocenters. The number of allylic oxidation sites excluding steroid dienone is 3. The molecule has 3 aliphatic rings. The first-order chi connectivity index (χ1) is 10.4. The second-order valence-electron chi connectivity index (χ2n) is 6.02. The van der Waals surface area contributed by atoms with E-state index in [0.717, 1.165) is 0 Å². The fraction of sp³-hybridized carbons (Fsp3) is 0.312. The van der Waals surface area contributed by atoms with E-state index >= 15 is 0 Å². The number of hydrogen-bond donors (Lipinski definition) is 4. The summed E-state index contributed by atoms with van der Waals surface area (Å²) in [5, 5.41) is 40.1. The van der Waals surface area contributed by atoms with Crippen molar-refractivity contribution in [1.82, 2.24) is 0 Å². The highest BCUT2D eigenvalue weighted by atomic mass is 16.5. The molecule has 6 nitrogen and oxygen atoms in total. The van der Waals surface area contributed by atoms with Gasteiger partial charge in [0.2, 0.25) is 5.75 Å². The summed E-state index contributed by atoms with van der Waals surface area (Å²) in [6.45, 7) is -0.0743. The SMILES string of the molecule is O=C1CC2CC3(O)COc4c(ccc(O)c4O)C3=C2C=C1O. The Labute approximate surface area is 125 Å². The van der Waals surface area contributed by atoms with Crippen LogP contribution in [0.25, 0.3) is 5.57 Å². The van der Waals surface area contributed by atoms with Gasteiger partial charge in [-0.1, -0.05) is 0 Å². The molecule has 0 saturated heterocycles. The van der Waals surface area contributed by atoms with Crippen LogP contribution in [0.3, 0.4) is 0 Å². The van der Waals surface area contributed by atoms with Gasteiger partial charge in [-0.15, -0.1) is 0 Å². The zero-order valence-electron chi connectivity index (χ0n) is 11.5. The lowest BCUT2D eigenvalue weighted by Crippen LogP contribution is -2.38. The summed E-state index contributed by atoms with van der Waals surface area (Å²) in [5.74, 6) is -1.42. The van der Waals surface area contributed by atoms with Crippen molar-refractivity contribution in [1.29, 1.82) is 0 Å². The Hall–Kier alpha value is -2.47. The summed E-state index contributed by atoms with van der Waals surface area (Å²) in [6, 6.07) is 2.88. The third-order valence-electron chi connectivity index (χ3n) is 4.62. The molecule has 1 aromatic carbocycles. The van der Waals surface area contributed by atoms with Gasteiger partial charge in [-0.05, 0) is 36.1 Å². The van der Waals surface area contributed by atoms with Crippen LogP contribution in [0.4, 0.5) is 0 Å². The average molecular weight is 302 g/mol. The summed E-state index contributed by atoms with van der Waals surface area (Å²) in [5.41, 5.74) is 0.444. The highest BCUT2D eigenvalue weighted by Crippen LogP contribution is 2.56. The number of rotatable bonds is 0. The molecule has 0 amide bonds. The molecule has 0 bridgehead atoms. The number of ether oxygens (including phenoxy) is 1. The molecule has 2 aliphatic carbocycles. The van der Waals surface area contributed by atoms with E-state index < -0.39 is 5.60 Å². The molecular formula is C16H14O6. The number of phenols is 2. The molecule has 0 radical (unpaired) electrons. The second-order valence-corrected chi connectivity index (χ2v) is 6.02. The Morgan fingerprint density at radius 3 is 2.77 bits per heavy atom. The van der Waals surface area contributed by atoms with Crippen molar-refractivity contribution in [3.8, 4) is 17.2 Å². The van der Waals surface area contributed by atoms with Crippen LogP contribution in [0.1, 0.15) is 18.4 Å². The minimum absolute atomic E-state index is 0.0743. The number of carbonyl (C=O) groups is 1. The number of aliphatic hydroxyl groups is 2. The Morgan fingerprint density at radius 2 is 2.00 bits per heavy atom. The molecule has 1 aromatic rings. The zero-order valence-corrected chi connectivity index (χ0v) is 11.5. The number of ketones is 1. The number of hydrogen-bond acceptors (Lipinski definition) is 6. The molecule has 4 N–H and O–H groups in total. The van der Waals surface area contributed by atoms with E-state index in [9.17, 15) is 25.2 Å². The molecule has 0 spiro atoms. The molecule has 2 atom stereocenters. The maximum absolute atomic E-state index is 11.7. The van der Waals surface area contributed by atoms with E-state index in [-0.39, 0.29) is 47.7 Å². The van der Waals surface area contributed by atoms with Gasteiger partial charge in [0.25, 0.3) is 0 Å². The van der Waals surface area contributed by atoms with Gasteiger partial charge < -0.3 is 25.2 Å². The Bertz CT molecular complexity index is 775. The van der Waals surface area contributed by atoms with Gasteiger partial charge in [0.05, 0.1) is 0 Å². The predicted molar refractivity (Wildman–Crippen MR) is 75.6 cm³/mol. The van der Waals surface area contributed by atoms with Crippen LogP contribution >= 0.6 is 0 Å². The van der Waals surface area contributed by atoms with Crippen molar-refractivity contribution < 1.29 is 30.0 Å². The molecule has 0 aromatic heterocycles. The molecule has 0 saturated carbocycles. The molecular weight excluding hydrogens is 288 g/mol. The first-order valence-electron chi connectivity index (χ1n) is 7.00. The van der Waals surface area contributed by atoms with Crippen LogP contribution in [0.15, 0.2) is 29.5 Å². The lowest BCUT2D eigenvalue weighted by atomic mass is 9.87. The van der Waals surface area contributed by atoms with E-state index in [1.807, 2.05) is 0 Å². The van der Waals surface area contributed by atoms with E-state index in [4.69, 9.17) is 4.74 Å². The molecule has 4 rings (SSSR count). The average Bonchev–Trinajstić information content (AvgIpc) is 2.75. The predicted octanol–water partition coefficient (Wildman–Crippen LogP) is 1.41. The lowest BCUT2D eigenvalue weighted by Gasteiger charge is -2.33. The summed E-state index contributed by atoms with van der Waals surface area (Å²) >= 11 is 0. The number of fused-ring (bicyclic) bond motifs is 4. The molecule has 22 heavy (non-hydrogen) atoms. The number of carbonyl (C=O) groups excluding carboxylic acids is 1. The van der Waals surface area contributed by atoms with Gasteiger partial charge in [0.15, 0.2) is 23.0 Å². The maximum Gasteiger partial charge on any atom is 0.201 e. The van der Waals surface area contributed by atoms with Crippen LogP contribution in [0.5, 0.6) is 17.2 Å². The summed E-state index contributed by atoms with van der Waals surface area (Å²) in [7, 11) is 0. The monoisotopic (exact) mass is 302 g/mol. The minimum Gasteiger partial charge on any atom is -0.504 e. The number of phenolic OH excluding ortho intramolecular Hbond substituents is 2. The Kier molecular flexibility index (Phi) is 2.43. The number of aromatic hydroxyl groups is 2. The van der Waals surface area contributed by atoms with Crippen LogP contribution in [-0.2, 0) is 4.79 Å². The summed E-state index contributed by atoms with van der Waals surface area (Å²) in [6.07, 6.45) is 1.86. The number of aliphatic hydroxyl groups excluding tert-OH is 1. The van der Waals surface area contributed by atoms with Crippen molar-refractivity contribution in [2.75, 3.05) is 6.61 Å². The van der Waals surface area contributed by atoms with E-state index in [2.05, 4.69) is 0 Å². The first-order valence-corrected chi connectivity index (χ1v) is 7.00. The highest BCUT2D eigenvalue weighted by molar-refractivity contribution is 5.98. The summed E-state index contributed by atoms with van der Waals surface area (Å²) < 4.78 is 5.45. The molecule has 6 heteroatoms. The van der Waals surface area contributed by atoms with Crippen molar-refractivity contribution in [2.45, 2.75) is 18.4 Å². The fourth-order valence-corrected chi connectivity index (χ4v) is 3.65.